The summed E-state index contributed by atoms with van der Waals surface area (Å²) in [4.78, 5) is 11.6. The Labute approximate surface area is 119 Å². The molecule has 1 aromatic rings. The molecule has 0 spiro atoms. The summed E-state index contributed by atoms with van der Waals surface area (Å²) < 4.78 is 0. The van der Waals surface area contributed by atoms with Crippen LogP contribution in [0.3, 0.4) is 0 Å². The maximum atomic E-state index is 11.6. The lowest BCUT2D eigenvalue weighted by molar-refractivity contribution is -0.118. The number of hydrogen-bond acceptors (Lipinski definition) is 3. The van der Waals surface area contributed by atoms with E-state index >= 15 is 0 Å². The number of carbonyl (C=O) groups is 1. The maximum absolute atomic E-state index is 11.6. The van der Waals surface area contributed by atoms with Gasteiger partial charge in [-0.05, 0) is 24.8 Å². The van der Waals surface area contributed by atoms with Crippen LogP contribution in [0.4, 0.5) is 0 Å². The average Bonchev–Trinajstić information content (AvgIpc) is 2.43. The molecule has 4 heteroatoms. The smallest absolute Gasteiger partial charge is 0.230 e. The quantitative estimate of drug-likeness (QED) is 0.683. The van der Waals surface area contributed by atoms with Gasteiger partial charge < -0.3 is 10.4 Å². The van der Waals surface area contributed by atoms with Crippen LogP contribution in [0.25, 0.3) is 0 Å². The highest BCUT2D eigenvalue weighted by Gasteiger charge is 2.06. The van der Waals surface area contributed by atoms with Gasteiger partial charge in [0.1, 0.15) is 0 Å². The Morgan fingerprint density at radius 2 is 2.11 bits per heavy atom. The van der Waals surface area contributed by atoms with E-state index in [1.807, 2.05) is 25.1 Å². The van der Waals surface area contributed by atoms with Crippen molar-refractivity contribution in [2.75, 3.05) is 18.9 Å². The maximum Gasteiger partial charge on any atom is 0.230 e. The molecule has 0 fully saturated rings. The molecule has 0 aliphatic heterocycles. The Kier molecular flexibility index (Phi) is 8.34. The predicted octanol–water partition coefficient (Wildman–Crippen LogP) is 2.24. The van der Waals surface area contributed by atoms with Crippen LogP contribution in [-0.2, 0) is 11.2 Å². The topological polar surface area (TPSA) is 49.3 Å². The summed E-state index contributed by atoms with van der Waals surface area (Å²) in [5, 5.41) is 12.0. The Morgan fingerprint density at radius 1 is 1.37 bits per heavy atom. The summed E-state index contributed by atoms with van der Waals surface area (Å²) >= 11 is 1.59. The van der Waals surface area contributed by atoms with E-state index in [9.17, 15) is 4.79 Å². The first-order chi connectivity index (χ1) is 9.22. The third kappa shape index (κ3) is 7.90. The highest BCUT2D eigenvalue weighted by Crippen LogP contribution is 2.12. The second kappa shape index (κ2) is 9.87. The number of aliphatic hydroxyl groups is 1. The summed E-state index contributed by atoms with van der Waals surface area (Å²) in [6.07, 6.45) is 2.70. The molecule has 0 aromatic heterocycles. The molecule has 1 unspecified atom stereocenters. The van der Waals surface area contributed by atoms with Gasteiger partial charge in [0.25, 0.3) is 0 Å². The van der Waals surface area contributed by atoms with Crippen molar-refractivity contribution in [1.29, 1.82) is 0 Å². The van der Waals surface area contributed by atoms with E-state index in [0.717, 1.165) is 25.8 Å². The standard InChI is InChI=1S/C15H23NO2S/c1-13(9-11-17)19-12-15(18)16-10-5-8-14-6-3-2-4-7-14/h2-4,6-7,13,17H,5,8-12H2,1H3,(H,16,18). The van der Waals surface area contributed by atoms with Crippen LogP contribution in [0, 0.1) is 0 Å². The van der Waals surface area contributed by atoms with Gasteiger partial charge >= 0.3 is 0 Å². The van der Waals surface area contributed by atoms with E-state index in [4.69, 9.17) is 5.11 Å². The zero-order chi connectivity index (χ0) is 13.9. The largest absolute Gasteiger partial charge is 0.396 e. The predicted molar refractivity (Wildman–Crippen MR) is 81.4 cm³/mol. The van der Waals surface area contributed by atoms with Gasteiger partial charge in [-0.2, -0.15) is 0 Å². The minimum Gasteiger partial charge on any atom is -0.396 e. The van der Waals surface area contributed by atoms with E-state index in [1.165, 1.54) is 5.56 Å². The molecule has 3 nitrogen and oxygen atoms in total. The van der Waals surface area contributed by atoms with Crippen LogP contribution in [0.1, 0.15) is 25.3 Å². The monoisotopic (exact) mass is 281 g/mol. The molecule has 0 saturated heterocycles. The summed E-state index contributed by atoms with van der Waals surface area (Å²) in [6, 6.07) is 10.3. The average molecular weight is 281 g/mol. The Bertz CT molecular complexity index is 356. The van der Waals surface area contributed by atoms with Crippen molar-refractivity contribution in [3.05, 3.63) is 35.9 Å². The number of benzene rings is 1. The molecule has 0 radical (unpaired) electrons. The van der Waals surface area contributed by atoms with Crippen molar-refractivity contribution in [3.8, 4) is 0 Å². The molecule has 1 aromatic carbocycles. The molecular weight excluding hydrogens is 258 g/mol. The first-order valence-electron chi connectivity index (χ1n) is 6.75. The molecule has 1 amide bonds. The molecule has 0 saturated carbocycles. The second-order valence-corrected chi connectivity index (χ2v) is 6.00. The number of carbonyl (C=O) groups excluding carboxylic acids is 1. The Balaban J connectivity index is 2.04. The molecule has 106 valence electrons. The van der Waals surface area contributed by atoms with Crippen LogP contribution < -0.4 is 5.32 Å². The number of nitrogens with one attached hydrogen (secondary N) is 1. The SMILES string of the molecule is CC(CCO)SCC(=O)NCCCc1ccccc1. The van der Waals surface area contributed by atoms with Crippen molar-refractivity contribution < 1.29 is 9.90 Å². The third-order valence-electron chi connectivity index (χ3n) is 2.84. The fourth-order valence-electron chi connectivity index (χ4n) is 1.70. The van der Waals surface area contributed by atoms with Gasteiger partial charge in [0, 0.05) is 18.4 Å². The van der Waals surface area contributed by atoms with E-state index < -0.39 is 0 Å². The lowest BCUT2D eigenvalue weighted by atomic mass is 10.1. The van der Waals surface area contributed by atoms with Crippen LogP contribution >= 0.6 is 11.8 Å². The van der Waals surface area contributed by atoms with Crippen molar-refractivity contribution >= 4 is 17.7 Å². The minimum atomic E-state index is 0.0860. The van der Waals surface area contributed by atoms with Crippen LogP contribution in [0.15, 0.2) is 30.3 Å². The molecule has 0 aliphatic rings. The van der Waals surface area contributed by atoms with E-state index in [2.05, 4.69) is 17.4 Å². The summed E-state index contributed by atoms with van der Waals surface area (Å²) in [5.74, 6) is 0.565. The summed E-state index contributed by atoms with van der Waals surface area (Å²) in [7, 11) is 0. The molecule has 0 bridgehead atoms. The van der Waals surface area contributed by atoms with Gasteiger partial charge in [-0.1, -0.05) is 37.3 Å². The molecule has 0 heterocycles. The number of hydrogen-bond donors (Lipinski definition) is 2. The Hall–Kier alpha value is -1.00. The zero-order valence-electron chi connectivity index (χ0n) is 11.5. The van der Waals surface area contributed by atoms with Crippen LogP contribution in [-0.4, -0.2) is 35.2 Å². The van der Waals surface area contributed by atoms with Crippen LogP contribution in [0.5, 0.6) is 0 Å². The van der Waals surface area contributed by atoms with Gasteiger partial charge in [0.15, 0.2) is 0 Å². The van der Waals surface area contributed by atoms with E-state index in [1.54, 1.807) is 11.8 Å². The van der Waals surface area contributed by atoms with Crippen molar-refractivity contribution in [1.82, 2.24) is 5.32 Å². The molecule has 1 atom stereocenters. The number of amides is 1. The number of thioether (sulfide) groups is 1. The zero-order valence-corrected chi connectivity index (χ0v) is 12.3. The lowest BCUT2D eigenvalue weighted by Gasteiger charge is -2.09. The molecule has 0 aliphatic carbocycles. The first-order valence-corrected chi connectivity index (χ1v) is 7.80. The summed E-state index contributed by atoms with van der Waals surface area (Å²) in [5.41, 5.74) is 1.31. The fraction of sp³-hybridized carbons (Fsp3) is 0.533. The van der Waals surface area contributed by atoms with E-state index in [0.29, 0.717) is 11.0 Å². The second-order valence-electron chi connectivity index (χ2n) is 4.57. The Morgan fingerprint density at radius 3 is 2.79 bits per heavy atom. The first kappa shape index (κ1) is 16.1. The van der Waals surface area contributed by atoms with Crippen molar-refractivity contribution in [3.63, 3.8) is 0 Å². The normalized spacial score (nSPS) is 12.1. The molecule has 2 N–H and O–H groups in total. The molecular formula is C15H23NO2S. The van der Waals surface area contributed by atoms with Crippen molar-refractivity contribution in [2.45, 2.75) is 31.4 Å². The highest BCUT2D eigenvalue weighted by molar-refractivity contribution is 8.00. The van der Waals surface area contributed by atoms with E-state index in [-0.39, 0.29) is 12.5 Å². The van der Waals surface area contributed by atoms with Gasteiger partial charge in [-0.3, -0.25) is 4.79 Å². The lowest BCUT2D eigenvalue weighted by Crippen LogP contribution is -2.27. The van der Waals surface area contributed by atoms with Gasteiger partial charge in [0.2, 0.25) is 5.91 Å². The third-order valence-corrected chi connectivity index (χ3v) is 4.08. The number of aryl methyl sites for hydroxylation is 1. The van der Waals surface area contributed by atoms with Gasteiger partial charge in [0.05, 0.1) is 5.75 Å². The molecule has 1 rings (SSSR count). The fourth-order valence-corrected chi connectivity index (χ4v) is 2.51. The highest BCUT2D eigenvalue weighted by atomic mass is 32.2. The van der Waals surface area contributed by atoms with Gasteiger partial charge in [-0.15, -0.1) is 11.8 Å². The number of rotatable bonds is 9. The molecule has 19 heavy (non-hydrogen) atoms. The van der Waals surface area contributed by atoms with Gasteiger partial charge in [-0.25, -0.2) is 0 Å². The van der Waals surface area contributed by atoms with Crippen LogP contribution in [0.2, 0.25) is 0 Å². The number of aliphatic hydroxyl groups excluding tert-OH is 1. The van der Waals surface area contributed by atoms with Crippen molar-refractivity contribution in [2.24, 2.45) is 0 Å². The summed E-state index contributed by atoms with van der Waals surface area (Å²) in [6.45, 7) is 2.94. The minimum absolute atomic E-state index is 0.0860.